The summed E-state index contributed by atoms with van der Waals surface area (Å²) in [5.74, 6) is 0.0121. The van der Waals surface area contributed by atoms with Crippen molar-refractivity contribution in [3.8, 4) is 0 Å². The highest BCUT2D eigenvalue weighted by Crippen LogP contribution is 2.56. The van der Waals surface area contributed by atoms with Gasteiger partial charge in [0.05, 0.1) is 5.41 Å². The molecule has 1 aliphatic heterocycles. The first-order chi connectivity index (χ1) is 10.7. The van der Waals surface area contributed by atoms with E-state index in [4.69, 9.17) is 0 Å². The highest BCUT2D eigenvalue weighted by Gasteiger charge is 2.61. The van der Waals surface area contributed by atoms with Crippen molar-refractivity contribution in [2.45, 2.75) is 24.8 Å². The van der Waals surface area contributed by atoms with Gasteiger partial charge in [0.2, 0.25) is 5.91 Å². The maximum Gasteiger partial charge on any atom is 0.221 e. The monoisotopic (exact) mass is 291 g/mol. The molecule has 0 aromatic heterocycles. The fraction of sp³-hybridized carbons (Fsp3) is 0.263. The first-order valence-corrected chi connectivity index (χ1v) is 7.63. The maximum atomic E-state index is 12.2. The van der Waals surface area contributed by atoms with Crippen molar-refractivity contribution in [1.82, 2.24) is 5.32 Å². The van der Waals surface area contributed by atoms with Crippen LogP contribution in [0.1, 0.15) is 29.5 Å². The van der Waals surface area contributed by atoms with Crippen LogP contribution in [0.2, 0.25) is 0 Å². The molecule has 0 spiro atoms. The molecule has 110 valence electrons. The minimum absolute atomic E-state index is 0.0121. The lowest BCUT2D eigenvalue weighted by Gasteiger charge is -2.47. The molecule has 3 nitrogen and oxygen atoms in total. The van der Waals surface area contributed by atoms with Gasteiger partial charge in [-0.15, -0.1) is 0 Å². The normalized spacial score (nSPS) is 29.4. The molecule has 4 rings (SSSR count). The number of hydrogen-bond acceptors (Lipinski definition) is 2. The molecule has 0 unspecified atom stereocenters. The number of nitrogens with one attached hydrogen (secondary N) is 1. The lowest BCUT2D eigenvalue weighted by Crippen LogP contribution is -2.60. The Hall–Kier alpha value is -2.42. The molecule has 1 saturated heterocycles. The van der Waals surface area contributed by atoms with Crippen molar-refractivity contribution in [2.75, 3.05) is 0 Å². The molecule has 1 N–H and O–H groups in total. The van der Waals surface area contributed by atoms with E-state index in [1.807, 2.05) is 48.5 Å². The molecule has 0 bridgehead atoms. The van der Waals surface area contributed by atoms with Crippen LogP contribution in [0.15, 0.2) is 54.6 Å². The number of amides is 1. The number of carbonyl (C=O) groups is 2. The Balaban J connectivity index is 2.06. The average Bonchev–Trinajstić information content (AvgIpc) is 2.87. The molecule has 2 aliphatic rings. The lowest BCUT2D eigenvalue weighted by molar-refractivity contribution is -0.133. The van der Waals surface area contributed by atoms with Gasteiger partial charge in [-0.05, 0) is 29.5 Å². The first-order valence-electron chi connectivity index (χ1n) is 7.63. The third kappa shape index (κ3) is 1.51. The third-order valence-corrected chi connectivity index (χ3v) is 5.23. The fourth-order valence-corrected chi connectivity index (χ4v) is 4.25. The lowest BCUT2D eigenvalue weighted by atomic mass is 9.62. The molecule has 1 fully saturated rings. The second kappa shape index (κ2) is 4.54. The van der Waals surface area contributed by atoms with Crippen molar-refractivity contribution in [3.05, 3.63) is 71.3 Å². The van der Waals surface area contributed by atoms with Crippen LogP contribution in [-0.2, 0) is 21.5 Å². The van der Waals surface area contributed by atoms with E-state index in [9.17, 15) is 9.59 Å². The smallest absolute Gasteiger partial charge is 0.221 e. The van der Waals surface area contributed by atoms with E-state index in [-0.39, 0.29) is 5.91 Å². The summed E-state index contributed by atoms with van der Waals surface area (Å²) in [6, 6.07) is 18.0. The predicted molar refractivity (Wildman–Crippen MR) is 83.2 cm³/mol. The van der Waals surface area contributed by atoms with Gasteiger partial charge in [-0.1, -0.05) is 54.6 Å². The number of fused-ring (bicyclic) bond motifs is 3. The number of aldehydes is 1. The summed E-state index contributed by atoms with van der Waals surface area (Å²) in [4.78, 5) is 24.4. The molecular weight excluding hydrogens is 274 g/mol. The van der Waals surface area contributed by atoms with Gasteiger partial charge < -0.3 is 10.1 Å². The molecule has 0 radical (unpaired) electrons. The molecule has 1 heterocycles. The van der Waals surface area contributed by atoms with Crippen molar-refractivity contribution in [3.63, 3.8) is 0 Å². The van der Waals surface area contributed by atoms with Gasteiger partial charge in [-0.25, -0.2) is 0 Å². The van der Waals surface area contributed by atoms with Crippen molar-refractivity contribution in [2.24, 2.45) is 5.41 Å². The summed E-state index contributed by atoms with van der Waals surface area (Å²) < 4.78 is 0. The van der Waals surface area contributed by atoms with Crippen LogP contribution in [0.4, 0.5) is 0 Å². The number of piperidine rings is 1. The standard InChI is InChI=1S/C19H17NO2/c21-13-18-11-10-17(22)20-19(18,15-7-2-1-3-8-15)16-9-5-4-6-14(16)12-18/h1-9,13H,10-12H2,(H,20,22)/t18-,19+/m0/s1. The van der Waals surface area contributed by atoms with E-state index >= 15 is 0 Å². The van der Waals surface area contributed by atoms with Crippen molar-refractivity contribution < 1.29 is 9.59 Å². The summed E-state index contributed by atoms with van der Waals surface area (Å²) in [6.07, 6.45) is 2.74. The minimum Gasteiger partial charge on any atom is -0.341 e. The second-order valence-electron chi connectivity index (χ2n) is 6.27. The zero-order chi connectivity index (χ0) is 15.2. The summed E-state index contributed by atoms with van der Waals surface area (Å²) in [5.41, 5.74) is 1.87. The largest absolute Gasteiger partial charge is 0.341 e. The summed E-state index contributed by atoms with van der Waals surface area (Å²) >= 11 is 0. The third-order valence-electron chi connectivity index (χ3n) is 5.23. The fourth-order valence-electron chi connectivity index (χ4n) is 4.25. The topological polar surface area (TPSA) is 46.2 Å². The molecule has 2 aromatic rings. The Labute approximate surface area is 129 Å². The molecule has 0 saturated carbocycles. The SMILES string of the molecule is O=C[C@@]12CCC(=O)N[C@]1(c1ccccc1)c1ccccc1C2. The van der Waals surface area contributed by atoms with E-state index in [0.29, 0.717) is 19.3 Å². The quantitative estimate of drug-likeness (QED) is 0.864. The Bertz CT molecular complexity index is 755. The summed E-state index contributed by atoms with van der Waals surface area (Å²) in [5, 5.41) is 3.19. The number of benzene rings is 2. The van der Waals surface area contributed by atoms with Crippen LogP contribution in [0.25, 0.3) is 0 Å². The number of carbonyl (C=O) groups excluding carboxylic acids is 2. The van der Waals surface area contributed by atoms with Crippen LogP contribution >= 0.6 is 0 Å². The second-order valence-corrected chi connectivity index (χ2v) is 6.27. The average molecular weight is 291 g/mol. The van der Waals surface area contributed by atoms with Gasteiger partial charge in [0.15, 0.2) is 0 Å². The minimum atomic E-state index is -0.734. The molecule has 2 atom stereocenters. The van der Waals surface area contributed by atoms with Gasteiger partial charge in [-0.2, -0.15) is 0 Å². The molecule has 1 amide bonds. The van der Waals surface area contributed by atoms with Crippen LogP contribution < -0.4 is 5.32 Å². The molecular formula is C19H17NO2. The van der Waals surface area contributed by atoms with E-state index in [2.05, 4.69) is 11.4 Å². The Morgan fingerprint density at radius 1 is 1.00 bits per heavy atom. The van der Waals surface area contributed by atoms with Gasteiger partial charge in [-0.3, -0.25) is 4.79 Å². The number of hydrogen-bond donors (Lipinski definition) is 1. The van der Waals surface area contributed by atoms with Gasteiger partial charge in [0.1, 0.15) is 11.8 Å². The zero-order valence-electron chi connectivity index (χ0n) is 12.2. The maximum absolute atomic E-state index is 12.2. The first kappa shape index (κ1) is 13.3. The summed E-state index contributed by atoms with van der Waals surface area (Å²) in [7, 11) is 0. The Morgan fingerprint density at radius 2 is 1.73 bits per heavy atom. The van der Waals surface area contributed by atoms with Gasteiger partial charge in [0, 0.05) is 6.42 Å². The summed E-state index contributed by atoms with van der Waals surface area (Å²) in [6.45, 7) is 0. The zero-order valence-corrected chi connectivity index (χ0v) is 12.2. The molecule has 1 aliphatic carbocycles. The van der Waals surface area contributed by atoms with E-state index in [0.717, 1.165) is 23.0 Å². The van der Waals surface area contributed by atoms with E-state index in [1.54, 1.807) is 0 Å². The van der Waals surface area contributed by atoms with Crippen LogP contribution in [0.3, 0.4) is 0 Å². The van der Waals surface area contributed by atoms with Crippen molar-refractivity contribution >= 4 is 12.2 Å². The Kier molecular flexibility index (Phi) is 2.73. The highest BCUT2D eigenvalue weighted by molar-refractivity contribution is 5.85. The number of rotatable bonds is 2. The van der Waals surface area contributed by atoms with Crippen LogP contribution in [-0.4, -0.2) is 12.2 Å². The highest BCUT2D eigenvalue weighted by atomic mass is 16.2. The van der Waals surface area contributed by atoms with Crippen LogP contribution in [0, 0.1) is 5.41 Å². The van der Waals surface area contributed by atoms with Gasteiger partial charge >= 0.3 is 0 Å². The van der Waals surface area contributed by atoms with Crippen molar-refractivity contribution in [1.29, 1.82) is 0 Å². The molecule has 3 heteroatoms. The molecule has 2 aromatic carbocycles. The van der Waals surface area contributed by atoms with E-state index < -0.39 is 11.0 Å². The predicted octanol–water partition coefficient (Wildman–Crippen LogP) is 2.58. The van der Waals surface area contributed by atoms with E-state index in [1.165, 1.54) is 0 Å². The van der Waals surface area contributed by atoms with Crippen LogP contribution in [0.5, 0.6) is 0 Å². The molecule has 22 heavy (non-hydrogen) atoms. The Morgan fingerprint density at radius 3 is 2.50 bits per heavy atom. The van der Waals surface area contributed by atoms with Gasteiger partial charge in [0.25, 0.3) is 0 Å².